The third-order valence-electron chi connectivity index (χ3n) is 5.89. The maximum Gasteiger partial charge on any atom is 0.428 e. The van der Waals surface area contributed by atoms with Crippen LogP contribution in [0, 0.1) is 11.6 Å². The van der Waals surface area contributed by atoms with E-state index in [0.29, 0.717) is 6.08 Å². The number of nitrogens with one attached hydrogen (secondary N) is 1. The van der Waals surface area contributed by atoms with Crippen molar-refractivity contribution in [1.82, 2.24) is 15.4 Å². The number of aromatic nitrogens is 1. The van der Waals surface area contributed by atoms with Crippen molar-refractivity contribution in [3.05, 3.63) is 70.6 Å². The van der Waals surface area contributed by atoms with E-state index in [0.717, 1.165) is 6.20 Å². The molecular weight excluding hydrogens is 541 g/mol. The van der Waals surface area contributed by atoms with E-state index in [9.17, 15) is 39.9 Å². The molecule has 37 heavy (non-hydrogen) atoms. The number of thioether (sulfide) groups is 1. The zero-order valence-corrected chi connectivity index (χ0v) is 19.4. The molecule has 4 rings (SSSR count). The molecule has 0 saturated carbocycles. The Kier molecular flexibility index (Phi) is 6.68. The Labute approximate surface area is 207 Å². The average Bonchev–Trinajstić information content (AvgIpc) is 3.25. The number of rotatable bonds is 5. The number of alkyl halides is 7. The fraction of sp³-hybridized carbons (Fsp3) is 0.364. The molecule has 2 aliphatic heterocycles. The molecule has 0 aliphatic carbocycles. The molecule has 1 N–H and O–H groups in total. The van der Waals surface area contributed by atoms with E-state index < -0.39 is 52.1 Å². The number of pyridine rings is 1. The van der Waals surface area contributed by atoms with Gasteiger partial charge in [0.15, 0.2) is 17.3 Å². The van der Waals surface area contributed by atoms with Gasteiger partial charge < -0.3 is 4.90 Å². The Hall–Kier alpha value is -2.94. The zero-order chi connectivity index (χ0) is 27.4. The molecule has 0 bridgehead atoms. The van der Waals surface area contributed by atoms with Crippen molar-refractivity contribution < 1.29 is 49.1 Å². The van der Waals surface area contributed by atoms with E-state index in [-0.39, 0.29) is 48.1 Å². The van der Waals surface area contributed by atoms with Crippen LogP contribution in [0.3, 0.4) is 0 Å². The van der Waals surface area contributed by atoms with E-state index in [1.54, 1.807) is 6.26 Å². The van der Waals surface area contributed by atoms with Crippen LogP contribution in [0.15, 0.2) is 36.5 Å². The van der Waals surface area contributed by atoms with E-state index in [1.165, 1.54) is 28.8 Å². The van der Waals surface area contributed by atoms with Crippen LogP contribution < -0.4 is 5.48 Å². The number of benzene rings is 1. The summed E-state index contributed by atoms with van der Waals surface area (Å²) in [4.78, 5) is 21.7. The second kappa shape index (κ2) is 9.11. The fourth-order valence-electron chi connectivity index (χ4n) is 3.93. The highest BCUT2D eigenvalue weighted by Gasteiger charge is 2.60. The molecule has 1 fully saturated rings. The minimum atomic E-state index is -5.48. The molecule has 1 atom stereocenters. The van der Waals surface area contributed by atoms with Crippen LogP contribution in [0.4, 0.5) is 39.5 Å². The highest BCUT2D eigenvalue weighted by molar-refractivity contribution is 7.99. The molecular formula is C22H16F9N3O2S. The van der Waals surface area contributed by atoms with Crippen LogP contribution in [0.2, 0.25) is 0 Å². The van der Waals surface area contributed by atoms with Gasteiger partial charge in [-0.3, -0.25) is 20.1 Å². The van der Waals surface area contributed by atoms with Gasteiger partial charge in [-0.25, -0.2) is 13.2 Å². The minimum absolute atomic E-state index is 0.0337. The number of nitrogens with zero attached hydrogens (tertiary/aromatic N) is 2. The van der Waals surface area contributed by atoms with Gasteiger partial charge >= 0.3 is 12.4 Å². The topological polar surface area (TPSA) is 54.5 Å². The SMILES string of the molecule is CSCC(=O)N1CC(F)(c2ccc(C3=CC(c4cc(F)c(F)c(C(F)(F)F)c4)(C(F)(F)F)ON3)cn2)C1. The van der Waals surface area contributed by atoms with Gasteiger partial charge in [0.05, 0.1) is 35.8 Å². The van der Waals surface area contributed by atoms with Crippen LogP contribution in [-0.4, -0.2) is 47.1 Å². The van der Waals surface area contributed by atoms with Crippen molar-refractivity contribution in [2.45, 2.75) is 23.6 Å². The van der Waals surface area contributed by atoms with Crippen molar-refractivity contribution in [2.24, 2.45) is 0 Å². The van der Waals surface area contributed by atoms with Crippen molar-refractivity contribution in [2.75, 3.05) is 25.1 Å². The lowest BCUT2D eigenvalue weighted by Gasteiger charge is -2.43. The molecule has 0 spiro atoms. The lowest BCUT2D eigenvalue weighted by Crippen LogP contribution is -2.59. The lowest BCUT2D eigenvalue weighted by molar-refractivity contribution is -0.269. The maximum atomic E-state index is 15.1. The molecule has 2 aromatic rings. The Morgan fingerprint density at radius 2 is 1.84 bits per heavy atom. The zero-order valence-electron chi connectivity index (χ0n) is 18.6. The van der Waals surface area contributed by atoms with Crippen LogP contribution in [-0.2, 0) is 27.1 Å². The monoisotopic (exact) mass is 557 g/mol. The Morgan fingerprint density at radius 1 is 1.16 bits per heavy atom. The summed E-state index contributed by atoms with van der Waals surface area (Å²) in [6, 6.07) is 2.16. The molecule has 2 aliphatic rings. The van der Waals surface area contributed by atoms with Crippen LogP contribution in [0.1, 0.15) is 22.4 Å². The second-order valence-corrected chi connectivity index (χ2v) is 9.26. The van der Waals surface area contributed by atoms with Crippen LogP contribution in [0.5, 0.6) is 0 Å². The van der Waals surface area contributed by atoms with E-state index in [2.05, 4.69) is 9.82 Å². The molecule has 1 amide bonds. The summed E-state index contributed by atoms with van der Waals surface area (Å²) in [6.45, 7) is -0.505. The van der Waals surface area contributed by atoms with Crippen LogP contribution in [0.25, 0.3) is 5.70 Å². The summed E-state index contributed by atoms with van der Waals surface area (Å²) in [5.41, 5.74) is -7.78. The third kappa shape index (κ3) is 4.74. The third-order valence-corrected chi connectivity index (χ3v) is 6.43. The molecule has 3 heterocycles. The van der Waals surface area contributed by atoms with Crippen molar-refractivity contribution in [3.63, 3.8) is 0 Å². The van der Waals surface area contributed by atoms with E-state index in [1.807, 2.05) is 5.48 Å². The number of halogens is 9. The first kappa shape index (κ1) is 27.1. The summed E-state index contributed by atoms with van der Waals surface area (Å²) >= 11 is 1.27. The molecule has 15 heteroatoms. The maximum absolute atomic E-state index is 15.1. The minimum Gasteiger partial charge on any atom is -0.335 e. The Morgan fingerprint density at radius 3 is 2.38 bits per heavy atom. The van der Waals surface area contributed by atoms with Gasteiger partial charge in [0.2, 0.25) is 11.5 Å². The normalized spacial score (nSPS) is 21.4. The summed E-state index contributed by atoms with van der Waals surface area (Å²) in [6.07, 6.45) is -7.82. The van der Waals surface area contributed by atoms with Crippen molar-refractivity contribution in [1.29, 1.82) is 0 Å². The van der Waals surface area contributed by atoms with E-state index in [4.69, 9.17) is 0 Å². The largest absolute Gasteiger partial charge is 0.428 e. The molecule has 1 unspecified atom stereocenters. The first-order chi connectivity index (χ1) is 17.1. The number of likely N-dealkylation sites (tertiary alicyclic amines) is 1. The number of hydrogen-bond donors (Lipinski definition) is 1. The molecule has 1 aromatic heterocycles. The van der Waals surface area contributed by atoms with Crippen molar-refractivity contribution >= 4 is 23.4 Å². The Bertz CT molecular complexity index is 1240. The molecule has 5 nitrogen and oxygen atoms in total. The van der Waals surface area contributed by atoms with Gasteiger partial charge in [-0.15, -0.1) is 0 Å². The fourth-order valence-corrected chi connectivity index (χ4v) is 4.35. The average molecular weight is 557 g/mol. The van der Waals surface area contributed by atoms with Gasteiger partial charge in [-0.1, -0.05) is 0 Å². The predicted molar refractivity (Wildman–Crippen MR) is 113 cm³/mol. The lowest BCUT2D eigenvalue weighted by atomic mass is 9.89. The first-order valence-corrected chi connectivity index (χ1v) is 11.7. The number of hydrogen-bond acceptors (Lipinski definition) is 5. The van der Waals surface area contributed by atoms with Gasteiger partial charge in [0.1, 0.15) is 0 Å². The summed E-state index contributed by atoms with van der Waals surface area (Å²) < 4.78 is 124. The van der Waals surface area contributed by atoms with Gasteiger partial charge in [-0.2, -0.15) is 38.1 Å². The predicted octanol–water partition coefficient (Wildman–Crippen LogP) is 5.08. The molecule has 0 radical (unpaired) electrons. The van der Waals surface area contributed by atoms with Gasteiger partial charge in [-0.05, 0) is 36.6 Å². The highest BCUT2D eigenvalue weighted by Crippen LogP contribution is 2.49. The van der Waals surface area contributed by atoms with Crippen LogP contribution >= 0.6 is 11.8 Å². The number of carbonyl (C=O) groups is 1. The highest BCUT2D eigenvalue weighted by atomic mass is 32.2. The number of carbonyl (C=O) groups excluding carboxylic acids is 1. The standard InChI is InChI=1S/C22H16F9N3O2S/c1-37-8-17(35)34-9-19(25,10-34)16-3-2-11(7-32-16)15-6-20(36-33-15,22(29,30)31)12-4-13(21(26,27)28)18(24)14(23)5-12/h2-7,33H,8-10H2,1H3. The summed E-state index contributed by atoms with van der Waals surface area (Å²) in [5, 5.41) is 0. The van der Waals surface area contributed by atoms with Gasteiger partial charge in [0.25, 0.3) is 0 Å². The molecule has 1 saturated heterocycles. The van der Waals surface area contributed by atoms with Gasteiger partial charge in [0, 0.05) is 17.3 Å². The molecule has 1 aromatic carbocycles. The quantitative estimate of drug-likeness (QED) is 0.520. The number of hydroxylamine groups is 1. The number of amides is 1. The Balaban J connectivity index is 1.65. The van der Waals surface area contributed by atoms with E-state index >= 15 is 4.39 Å². The summed E-state index contributed by atoms with van der Waals surface area (Å²) in [7, 11) is 0. The second-order valence-electron chi connectivity index (χ2n) is 8.39. The first-order valence-electron chi connectivity index (χ1n) is 10.3. The van der Waals surface area contributed by atoms with Crippen molar-refractivity contribution in [3.8, 4) is 0 Å². The summed E-state index contributed by atoms with van der Waals surface area (Å²) in [5.74, 6) is -4.59. The molecule has 200 valence electrons. The smallest absolute Gasteiger partial charge is 0.335 e.